The first-order valence-electron chi connectivity index (χ1n) is 5.94. The van der Waals surface area contributed by atoms with Crippen LogP contribution in [0.5, 0.6) is 0 Å². The normalized spacial score (nSPS) is 39.4. The highest BCUT2D eigenvalue weighted by molar-refractivity contribution is 7.96. The monoisotopic (exact) mass is 277 g/mol. The molecule has 0 N–H and O–H groups in total. The van der Waals surface area contributed by atoms with E-state index < -0.39 is 19.3 Å². The Kier molecular flexibility index (Phi) is 2.78. The number of rotatable bonds is 1. The summed E-state index contributed by atoms with van der Waals surface area (Å²) in [6.45, 7) is 2.91. The van der Waals surface area contributed by atoms with Crippen molar-refractivity contribution in [1.82, 2.24) is 4.90 Å². The van der Waals surface area contributed by atoms with Crippen LogP contribution in [0.2, 0.25) is 0 Å². The third kappa shape index (κ3) is 1.46. The SMILES string of the molecule is O=S1(=O)[C@H](Cl)[C@@H](N2CCOCC2)C12CC=CC2. The molecule has 3 rings (SSSR count). The zero-order valence-electron chi connectivity index (χ0n) is 9.51. The molecule has 17 heavy (non-hydrogen) atoms. The molecule has 96 valence electrons. The van der Waals surface area contributed by atoms with Crippen molar-refractivity contribution in [2.24, 2.45) is 0 Å². The van der Waals surface area contributed by atoms with Crippen LogP contribution in [0.1, 0.15) is 12.8 Å². The molecule has 1 aliphatic carbocycles. The summed E-state index contributed by atoms with van der Waals surface area (Å²) in [6.07, 6.45) is 5.16. The molecule has 1 spiro atoms. The zero-order chi connectivity index (χ0) is 12.1. The fraction of sp³-hybridized carbons (Fsp3) is 0.818. The van der Waals surface area contributed by atoms with Crippen LogP contribution in [0.25, 0.3) is 0 Å². The van der Waals surface area contributed by atoms with Gasteiger partial charge >= 0.3 is 0 Å². The number of alkyl halides is 1. The number of halogens is 1. The first kappa shape index (κ1) is 12.0. The molecule has 2 atom stereocenters. The molecule has 2 heterocycles. The Morgan fingerprint density at radius 2 is 1.82 bits per heavy atom. The average Bonchev–Trinajstić information content (AvgIpc) is 2.83. The largest absolute Gasteiger partial charge is 0.379 e. The van der Waals surface area contributed by atoms with E-state index in [-0.39, 0.29) is 6.04 Å². The summed E-state index contributed by atoms with van der Waals surface area (Å²) in [4.78, 5) is 2.19. The molecule has 2 saturated heterocycles. The molecular weight excluding hydrogens is 262 g/mol. The van der Waals surface area contributed by atoms with Crippen molar-refractivity contribution in [2.45, 2.75) is 28.3 Å². The fourth-order valence-corrected chi connectivity index (χ4v) is 6.49. The van der Waals surface area contributed by atoms with Gasteiger partial charge in [0, 0.05) is 13.1 Å². The van der Waals surface area contributed by atoms with E-state index in [9.17, 15) is 8.42 Å². The molecule has 3 aliphatic rings. The topological polar surface area (TPSA) is 46.6 Å². The van der Waals surface area contributed by atoms with E-state index in [4.69, 9.17) is 16.3 Å². The minimum Gasteiger partial charge on any atom is -0.379 e. The second-order valence-electron chi connectivity index (χ2n) is 4.93. The van der Waals surface area contributed by atoms with Crippen LogP contribution < -0.4 is 0 Å². The van der Waals surface area contributed by atoms with E-state index in [0.717, 1.165) is 13.1 Å². The van der Waals surface area contributed by atoms with Gasteiger partial charge in [-0.3, -0.25) is 4.90 Å². The highest BCUT2D eigenvalue weighted by Gasteiger charge is 2.68. The molecule has 0 saturated carbocycles. The van der Waals surface area contributed by atoms with Gasteiger partial charge in [0.05, 0.1) is 24.0 Å². The standard InChI is InChI=1S/C11H16ClNO3S/c12-10-9(13-5-7-16-8-6-13)11(17(10,14)15)3-1-2-4-11/h1-2,9-10H,3-8H2/t9-,10+/m1/s1. The predicted octanol–water partition coefficient (Wildman–Crippen LogP) is 0.769. The molecule has 0 amide bonds. The number of morpholine rings is 1. The maximum Gasteiger partial charge on any atom is 0.176 e. The van der Waals surface area contributed by atoms with Crippen LogP contribution in [0.15, 0.2) is 12.2 Å². The number of hydrogen-bond donors (Lipinski definition) is 0. The van der Waals surface area contributed by atoms with E-state index in [1.54, 1.807) is 0 Å². The lowest BCUT2D eigenvalue weighted by molar-refractivity contribution is 0.00441. The summed E-state index contributed by atoms with van der Waals surface area (Å²) >= 11 is 6.11. The van der Waals surface area contributed by atoms with E-state index in [1.807, 2.05) is 12.2 Å². The Labute approximate surface area is 106 Å². The van der Waals surface area contributed by atoms with Crippen molar-refractivity contribution in [3.63, 3.8) is 0 Å². The minimum atomic E-state index is -3.18. The number of ether oxygens (including phenoxy) is 1. The van der Waals surface area contributed by atoms with Crippen LogP contribution in [-0.4, -0.2) is 55.1 Å². The van der Waals surface area contributed by atoms with Gasteiger partial charge in [0.15, 0.2) is 14.5 Å². The molecule has 6 heteroatoms. The first-order valence-corrected chi connectivity index (χ1v) is 7.92. The van der Waals surface area contributed by atoms with E-state index in [2.05, 4.69) is 4.90 Å². The molecule has 0 unspecified atom stereocenters. The highest BCUT2D eigenvalue weighted by Crippen LogP contribution is 2.52. The van der Waals surface area contributed by atoms with Gasteiger partial charge in [-0.25, -0.2) is 8.42 Å². The van der Waals surface area contributed by atoms with Gasteiger partial charge in [0.25, 0.3) is 0 Å². The minimum absolute atomic E-state index is 0.0481. The Bertz CT molecular complexity index is 434. The summed E-state index contributed by atoms with van der Waals surface area (Å²) in [5, 5.41) is 0. The smallest absolute Gasteiger partial charge is 0.176 e. The Balaban J connectivity index is 1.89. The van der Waals surface area contributed by atoms with Gasteiger partial charge in [-0.1, -0.05) is 12.2 Å². The van der Waals surface area contributed by atoms with Crippen molar-refractivity contribution in [1.29, 1.82) is 0 Å². The molecule has 2 fully saturated rings. The summed E-state index contributed by atoms with van der Waals surface area (Å²) in [7, 11) is -3.18. The van der Waals surface area contributed by atoms with Crippen LogP contribution in [0, 0.1) is 0 Å². The number of nitrogens with zero attached hydrogens (tertiary/aromatic N) is 1. The average molecular weight is 278 g/mol. The number of allylic oxidation sites excluding steroid dienone is 2. The second-order valence-corrected chi connectivity index (χ2v) is 8.07. The molecule has 2 aliphatic heterocycles. The van der Waals surface area contributed by atoms with Crippen LogP contribution >= 0.6 is 11.6 Å². The van der Waals surface area contributed by atoms with Crippen LogP contribution in [0.3, 0.4) is 0 Å². The van der Waals surface area contributed by atoms with Gasteiger partial charge in [0.1, 0.15) is 0 Å². The van der Waals surface area contributed by atoms with Crippen molar-refractivity contribution in [3.05, 3.63) is 12.2 Å². The maximum absolute atomic E-state index is 12.2. The van der Waals surface area contributed by atoms with Crippen molar-refractivity contribution in [2.75, 3.05) is 26.3 Å². The second kappa shape index (κ2) is 3.95. The molecular formula is C11H16ClNO3S. The fourth-order valence-electron chi connectivity index (χ4n) is 3.21. The molecule has 4 nitrogen and oxygen atoms in total. The lowest BCUT2D eigenvalue weighted by Gasteiger charge is -2.55. The third-order valence-electron chi connectivity index (χ3n) is 4.18. The molecule has 0 aromatic carbocycles. The Hall–Kier alpha value is -0.100. The van der Waals surface area contributed by atoms with Crippen LogP contribution in [-0.2, 0) is 14.6 Å². The molecule has 0 radical (unpaired) electrons. The molecule has 0 bridgehead atoms. The molecule has 0 aromatic heterocycles. The number of sulfone groups is 1. The van der Waals surface area contributed by atoms with Crippen molar-refractivity contribution < 1.29 is 13.2 Å². The Morgan fingerprint density at radius 3 is 2.41 bits per heavy atom. The molecule has 0 aromatic rings. The predicted molar refractivity (Wildman–Crippen MR) is 65.8 cm³/mol. The maximum atomic E-state index is 12.2. The van der Waals surface area contributed by atoms with E-state index >= 15 is 0 Å². The van der Waals surface area contributed by atoms with Gasteiger partial charge < -0.3 is 4.74 Å². The van der Waals surface area contributed by atoms with Gasteiger partial charge in [-0.15, -0.1) is 11.6 Å². The summed E-state index contributed by atoms with van der Waals surface area (Å²) < 4.78 is 28.3. The third-order valence-corrected chi connectivity index (χ3v) is 7.68. The van der Waals surface area contributed by atoms with E-state index in [1.165, 1.54) is 0 Å². The quantitative estimate of drug-likeness (QED) is 0.525. The van der Waals surface area contributed by atoms with Gasteiger partial charge in [-0.2, -0.15) is 0 Å². The zero-order valence-corrected chi connectivity index (χ0v) is 11.1. The lowest BCUT2D eigenvalue weighted by Crippen LogP contribution is -2.73. The van der Waals surface area contributed by atoms with Crippen molar-refractivity contribution in [3.8, 4) is 0 Å². The highest BCUT2D eigenvalue weighted by atomic mass is 35.5. The first-order chi connectivity index (χ1) is 8.09. The number of hydrogen-bond acceptors (Lipinski definition) is 4. The summed E-state index contributed by atoms with van der Waals surface area (Å²) in [6, 6.07) is -0.0481. The lowest BCUT2D eigenvalue weighted by atomic mass is 9.94. The Morgan fingerprint density at radius 1 is 1.24 bits per heavy atom. The van der Waals surface area contributed by atoms with E-state index in [0.29, 0.717) is 26.1 Å². The van der Waals surface area contributed by atoms with Crippen molar-refractivity contribution >= 4 is 21.4 Å². The summed E-state index contributed by atoms with van der Waals surface area (Å²) in [5.74, 6) is 0. The van der Waals surface area contributed by atoms with Gasteiger partial charge in [0.2, 0.25) is 0 Å². The summed E-state index contributed by atoms with van der Waals surface area (Å²) in [5.41, 5.74) is 0. The van der Waals surface area contributed by atoms with Crippen LogP contribution in [0.4, 0.5) is 0 Å². The van der Waals surface area contributed by atoms with Gasteiger partial charge in [-0.05, 0) is 12.8 Å².